The Kier molecular flexibility index (Phi) is 4.57. The number of hydrogen-bond donors (Lipinski definition) is 0. The van der Waals surface area contributed by atoms with Gasteiger partial charge in [0.1, 0.15) is 5.82 Å². The van der Waals surface area contributed by atoms with Crippen molar-refractivity contribution in [3.8, 4) is 0 Å². The molecule has 1 aromatic heterocycles. The summed E-state index contributed by atoms with van der Waals surface area (Å²) in [5, 5.41) is 0. The minimum absolute atomic E-state index is 0.360. The Balaban J connectivity index is 2.26. The van der Waals surface area contributed by atoms with Crippen molar-refractivity contribution >= 4 is 16.5 Å². The van der Waals surface area contributed by atoms with Crippen LogP contribution in [-0.4, -0.2) is 9.13 Å². The first-order valence-electron chi connectivity index (χ1n) is 7.41. The summed E-state index contributed by atoms with van der Waals surface area (Å²) in [5.74, 6) is 0.374. The molecule has 3 rings (SSSR count). The van der Waals surface area contributed by atoms with Gasteiger partial charge in [0.15, 0.2) is 0 Å². The van der Waals surface area contributed by atoms with Crippen molar-refractivity contribution in [2.45, 2.75) is 9.79 Å². The fourth-order valence-electron chi connectivity index (χ4n) is 2.24. The van der Waals surface area contributed by atoms with Gasteiger partial charge in [-0.25, -0.2) is 4.79 Å². The standard InChI is InChI=1S/C18H17N3O2S/c1-20-16(13-17(22)21(2)18(20)23)19-24(14-9-5-3-6-10-14)15-11-7-4-8-12-15/h3-13H,1-2H3. The summed E-state index contributed by atoms with van der Waals surface area (Å²) in [4.78, 5) is 26.1. The Labute approximate surface area is 141 Å². The molecule has 0 radical (unpaired) electrons. The van der Waals surface area contributed by atoms with Crippen LogP contribution >= 0.6 is 0 Å². The van der Waals surface area contributed by atoms with Crippen molar-refractivity contribution in [2.75, 3.05) is 0 Å². The molecule has 0 atom stereocenters. The zero-order valence-electron chi connectivity index (χ0n) is 13.4. The van der Waals surface area contributed by atoms with E-state index in [1.165, 1.54) is 17.7 Å². The van der Waals surface area contributed by atoms with Gasteiger partial charge in [-0.05, 0) is 35.0 Å². The molecule has 0 fully saturated rings. The summed E-state index contributed by atoms with van der Waals surface area (Å²) in [6, 6.07) is 21.1. The highest BCUT2D eigenvalue weighted by Gasteiger charge is 2.09. The van der Waals surface area contributed by atoms with Crippen LogP contribution in [0.15, 0.2) is 90.5 Å². The first kappa shape index (κ1) is 16.1. The van der Waals surface area contributed by atoms with E-state index >= 15 is 0 Å². The average Bonchev–Trinajstić information content (AvgIpc) is 2.63. The molecule has 0 aliphatic carbocycles. The second kappa shape index (κ2) is 6.80. The molecule has 122 valence electrons. The maximum absolute atomic E-state index is 12.1. The predicted molar refractivity (Wildman–Crippen MR) is 95.8 cm³/mol. The van der Waals surface area contributed by atoms with Gasteiger partial charge >= 0.3 is 5.69 Å². The van der Waals surface area contributed by atoms with Gasteiger partial charge in [0.25, 0.3) is 5.56 Å². The van der Waals surface area contributed by atoms with Crippen molar-refractivity contribution in [3.63, 3.8) is 0 Å². The van der Waals surface area contributed by atoms with Crippen LogP contribution in [0.3, 0.4) is 0 Å². The Bertz CT molecular complexity index is 964. The van der Waals surface area contributed by atoms with E-state index in [1.54, 1.807) is 7.05 Å². The monoisotopic (exact) mass is 339 g/mol. The van der Waals surface area contributed by atoms with Gasteiger partial charge in [-0.15, -0.1) is 0 Å². The molecule has 0 amide bonds. The van der Waals surface area contributed by atoms with Crippen LogP contribution in [0.4, 0.5) is 5.82 Å². The van der Waals surface area contributed by atoms with E-state index in [0.29, 0.717) is 5.82 Å². The van der Waals surface area contributed by atoms with E-state index in [4.69, 9.17) is 4.36 Å². The van der Waals surface area contributed by atoms with Gasteiger partial charge in [-0.1, -0.05) is 36.4 Å². The fraction of sp³-hybridized carbons (Fsp3) is 0.111. The molecule has 0 saturated carbocycles. The molecule has 1 heterocycles. The first-order chi connectivity index (χ1) is 11.6. The van der Waals surface area contributed by atoms with Crippen LogP contribution in [-0.2, 0) is 24.8 Å². The lowest BCUT2D eigenvalue weighted by Gasteiger charge is -2.11. The highest BCUT2D eigenvalue weighted by atomic mass is 32.2. The summed E-state index contributed by atoms with van der Waals surface area (Å²) in [7, 11) is 2.47. The number of hydrogen-bond acceptors (Lipinski definition) is 3. The van der Waals surface area contributed by atoms with Crippen LogP contribution in [0.25, 0.3) is 0 Å². The molecule has 5 nitrogen and oxygen atoms in total. The molecule has 0 N–H and O–H groups in total. The van der Waals surface area contributed by atoms with Crippen molar-refractivity contribution in [1.82, 2.24) is 9.13 Å². The number of nitrogens with zero attached hydrogens (tertiary/aromatic N) is 3. The van der Waals surface area contributed by atoms with E-state index < -0.39 is 10.7 Å². The summed E-state index contributed by atoms with van der Waals surface area (Å²) in [5.41, 5.74) is -0.743. The molecule has 2 aromatic carbocycles. The largest absolute Gasteiger partial charge is 0.332 e. The molecular weight excluding hydrogens is 322 g/mol. The quantitative estimate of drug-likeness (QED) is 0.736. The Morgan fingerprint density at radius 1 is 0.792 bits per heavy atom. The minimum Gasteiger partial charge on any atom is -0.280 e. The second-order valence-corrected chi connectivity index (χ2v) is 6.94. The highest BCUT2D eigenvalue weighted by Crippen LogP contribution is 2.22. The zero-order valence-corrected chi connectivity index (χ0v) is 14.2. The van der Waals surface area contributed by atoms with Crippen molar-refractivity contribution in [1.29, 1.82) is 0 Å². The molecule has 0 saturated heterocycles. The minimum atomic E-state index is -0.619. The molecule has 3 aromatic rings. The van der Waals surface area contributed by atoms with E-state index in [-0.39, 0.29) is 11.2 Å². The zero-order chi connectivity index (χ0) is 17.1. The van der Waals surface area contributed by atoms with Gasteiger partial charge < -0.3 is 0 Å². The smallest absolute Gasteiger partial charge is 0.280 e. The normalized spacial score (nSPS) is 10.8. The van der Waals surface area contributed by atoms with Crippen LogP contribution < -0.4 is 11.2 Å². The molecule has 0 aliphatic heterocycles. The second-order valence-electron chi connectivity index (χ2n) is 5.24. The molecular formula is C18H17N3O2S. The van der Waals surface area contributed by atoms with Crippen LogP contribution in [0.5, 0.6) is 0 Å². The van der Waals surface area contributed by atoms with E-state index in [2.05, 4.69) is 0 Å². The molecule has 0 unspecified atom stereocenters. The number of rotatable bonds is 3. The summed E-state index contributed by atoms with van der Waals surface area (Å²) in [6.45, 7) is 0. The van der Waals surface area contributed by atoms with E-state index in [0.717, 1.165) is 14.4 Å². The van der Waals surface area contributed by atoms with Crippen molar-refractivity contribution in [3.05, 3.63) is 87.6 Å². The lowest BCUT2D eigenvalue weighted by atomic mass is 10.4. The predicted octanol–water partition coefficient (Wildman–Crippen LogP) is 2.64. The summed E-state index contributed by atoms with van der Waals surface area (Å²) in [6.07, 6.45) is 0. The molecule has 6 heteroatoms. The Hall–Kier alpha value is -2.73. The summed E-state index contributed by atoms with van der Waals surface area (Å²) >= 11 is 0. The van der Waals surface area contributed by atoms with Gasteiger partial charge in [0.05, 0.1) is 0 Å². The van der Waals surface area contributed by atoms with Gasteiger partial charge in [-0.3, -0.25) is 13.9 Å². The van der Waals surface area contributed by atoms with Crippen LogP contribution in [0, 0.1) is 0 Å². The summed E-state index contributed by atoms with van der Waals surface area (Å²) < 4.78 is 7.21. The maximum atomic E-state index is 12.1. The van der Waals surface area contributed by atoms with Crippen molar-refractivity contribution in [2.24, 2.45) is 18.5 Å². The average molecular weight is 339 g/mol. The van der Waals surface area contributed by atoms with Gasteiger partial charge in [0, 0.05) is 30.0 Å². The third-order valence-corrected chi connectivity index (χ3v) is 5.43. The first-order valence-corrected chi connectivity index (χ1v) is 8.59. The molecule has 0 bridgehead atoms. The maximum Gasteiger partial charge on any atom is 0.332 e. The van der Waals surface area contributed by atoms with Crippen LogP contribution in [0.1, 0.15) is 0 Å². The number of benzene rings is 2. The van der Waals surface area contributed by atoms with Crippen molar-refractivity contribution < 1.29 is 0 Å². The van der Waals surface area contributed by atoms with Gasteiger partial charge in [0.2, 0.25) is 0 Å². The lowest BCUT2D eigenvalue weighted by Crippen LogP contribution is -2.36. The lowest BCUT2D eigenvalue weighted by molar-refractivity contribution is 0.689. The SMILES string of the molecule is Cn1c(N=S(c2ccccc2)c2ccccc2)cc(=O)n(C)c1=O. The topological polar surface area (TPSA) is 56.4 Å². The third kappa shape index (κ3) is 3.14. The molecule has 0 aliphatic rings. The Morgan fingerprint density at radius 2 is 1.29 bits per heavy atom. The Morgan fingerprint density at radius 3 is 1.79 bits per heavy atom. The van der Waals surface area contributed by atoms with Gasteiger partial charge in [-0.2, -0.15) is 4.36 Å². The van der Waals surface area contributed by atoms with E-state index in [9.17, 15) is 9.59 Å². The molecule has 0 spiro atoms. The molecule has 24 heavy (non-hydrogen) atoms. The van der Waals surface area contributed by atoms with Crippen LogP contribution in [0.2, 0.25) is 0 Å². The third-order valence-electron chi connectivity index (χ3n) is 3.62. The van der Waals surface area contributed by atoms with E-state index in [1.807, 2.05) is 60.7 Å². The highest BCUT2D eigenvalue weighted by molar-refractivity contribution is 7.87. The fourth-order valence-corrected chi connectivity index (χ4v) is 3.92. The number of aromatic nitrogens is 2.